The minimum atomic E-state index is -0.175. The maximum Gasteiger partial charge on any atom is 0.252 e. The normalized spacial score (nSPS) is 11.0. The summed E-state index contributed by atoms with van der Waals surface area (Å²) in [5.74, 6) is 1.35. The SMILES string of the molecule is COc1cc(-c2cc(C(=O)NCCc3cn4ccccc4n3)c3ccccc3n2)cc(OC)c1OC. The number of carbonyl (C=O) groups is 1. The molecule has 8 nitrogen and oxygen atoms in total. The number of imidazole rings is 1. The molecule has 1 amide bonds. The van der Waals surface area contributed by atoms with Crippen LogP contribution in [-0.2, 0) is 6.42 Å². The standard InChI is InChI=1S/C28H26N4O4/c1-34-24-14-18(15-25(35-2)27(24)36-3)23-16-21(20-8-4-5-9-22(20)31-23)28(33)29-12-11-19-17-32-13-7-6-10-26(32)30-19/h4-10,13-17H,11-12H2,1-3H3,(H,29,33). The Morgan fingerprint density at radius 1 is 0.917 bits per heavy atom. The number of pyridine rings is 2. The van der Waals surface area contributed by atoms with Crippen LogP contribution in [0.4, 0.5) is 0 Å². The van der Waals surface area contributed by atoms with Gasteiger partial charge in [-0.3, -0.25) is 4.79 Å². The molecule has 0 saturated carbocycles. The van der Waals surface area contributed by atoms with Crippen molar-refractivity contribution in [2.45, 2.75) is 6.42 Å². The third kappa shape index (κ3) is 4.40. The van der Waals surface area contributed by atoms with E-state index in [9.17, 15) is 4.79 Å². The van der Waals surface area contributed by atoms with Crippen LogP contribution in [0.25, 0.3) is 27.8 Å². The lowest BCUT2D eigenvalue weighted by Gasteiger charge is -2.15. The van der Waals surface area contributed by atoms with E-state index in [-0.39, 0.29) is 5.91 Å². The molecule has 36 heavy (non-hydrogen) atoms. The molecule has 3 aromatic heterocycles. The van der Waals surface area contributed by atoms with Gasteiger partial charge in [0.1, 0.15) is 5.65 Å². The highest BCUT2D eigenvalue weighted by Crippen LogP contribution is 2.41. The van der Waals surface area contributed by atoms with Gasteiger partial charge < -0.3 is 23.9 Å². The van der Waals surface area contributed by atoms with Crippen LogP contribution in [0.5, 0.6) is 17.2 Å². The fraction of sp³-hybridized carbons (Fsp3) is 0.179. The van der Waals surface area contributed by atoms with E-state index in [0.717, 1.165) is 22.3 Å². The quantitative estimate of drug-likeness (QED) is 0.349. The number of aromatic nitrogens is 3. The number of methoxy groups -OCH3 is 3. The fourth-order valence-corrected chi connectivity index (χ4v) is 4.25. The summed E-state index contributed by atoms with van der Waals surface area (Å²) in [6.45, 7) is 0.457. The molecule has 0 spiro atoms. The van der Waals surface area contributed by atoms with Gasteiger partial charge in [0.15, 0.2) is 11.5 Å². The van der Waals surface area contributed by atoms with Crippen molar-refractivity contribution in [2.24, 2.45) is 0 Å². The Kier molecular flexibility index (Phi) is 6.40. The molecule has 2 aromatic carbocycles. The number of ether oxygens (including phenoxy) is 3. The van der Waals surface area contributed by atoms with Crippen molar-refractivity contribution in [3.63, 3.8) is 0 Å². The van der Waals surface area contributed by atoms with Gasteiger partial charge in [-0.05, 0) is 36.4 Å². The summed E-state index contributed by atoms with van der Waals surface area (Å²) in [6.07, 6.45) is 4.56. The second-order valence-corrected chi connectivity index (χ2v) is 8.19. The van der Waals surface area contributed by atoms with E-state index >= 15 is 0 Å². The molecule has 0 atom stereocenters. The monoisotopic (exact) mass is 482 g/mol. The summed E-state index contributed by atoms with van der Waals surface area (Å²) in [7, 11) is 4.69. The summed E-state index contributed by atoms with van der Waals surface area (Å²) in [4.78, 5) is 22.7. The van der Waals surface area contributed by atoms with Crippen molar-refractivity contribution >= 4 is 22.5 Å². The van der Waals surface area contributed by atoms with E-state index in [1.165, 1.54) is 0 Å². The average molecular weight is 483 g/mol. The largest absolute Gasteiger partial charge is 0.493 e. The number of amides is 1. The number of carbonyl (C=O) groups excluding carboxylic acids is 1. The zero-order valence-corrected chi connectivity index (χ0v) is 20.3. The van der Waals surface area contributed by atoms with Crippen molar-refractivity contribution in [3.8, 4) is 28.5 Å². The predicted octanol–water partition coefficient (Wildman–Crippen LogP) is 4.55. The summed E-state index contributed by atoms with van der Waals surface area (Å²) in [5.41, 5.74) is 4.43. The van der Waals surface area contributed by atoms with Gasteiger partial charge >= 0.3 is 0 Å². The Morgan fingerprint density at radius 3 is 2.39 bits per heavy atom. The average Bonchev–Trinajstić information content (AvgIpc) is 3.34. The van der Waals surface area contributed by atoms with E-state index in [2.05, 4.69) is 10.3 Å². The first-order valence-corrected chi connectivity index (χ1v) is 11.5. The summed E-state index contributed by atoms with van der Waals surface area (Å²) in [5, 5.41) is 3.82. The number of rotatable bonds is 8. The third-order valence-corrected chi connectivity index (χ3v) is 6.00. The summed E-state index contributed by atoms with van der Waals surface area (Å²) in [6, 6.07) is 18.9. The van der Waals surface area contributed by atoms with Gasteiger partial charge in [0.2, 0.25) is 5.75 Å². The van der Waals surface area contributed by atoms with Crippen LogP contribution in [0.1, 0.15) is 16.1 Å². The van der Waals surface area contributed by atoms with E-state index < -0.39 is 0 Å². The maximum atomic E-state index is 13.3. The Balaban J connectivity index is 1.45. The van der Waals surface area contributed by atoms with Crippen LogP contribution >= 0.6 is 0 Å². The molecule has 0 radical (unpaired) electrons. The van der Waals surface area contributed by atoms with Crippen LogP contribution in [0, 0.1) is 0 Å². The lowest BCUT2D eigenvalue weighted by molar-refractivity contribution is 0.0955. The number of hydrogen-bond acceptors (Lipinski definition) is 6. The molecule has 0 aliphatic carbocycles. The topological polar surface area (TPSA) is 87.0 Å². The highest BCUT2D eigenvalue weighted by Gasteiger charge is 2.18. The van der Waals surface area contributed by atoms with Gasteiger partial charge in [-0.25, -0.2) is 9.97 Å². The first-order chi connectivity index (χ1) is 17.6. The second kappa shape index (κ2) is 9.95. The van der Waals surface area contributed by atoms with E-state index in [0.29, 0.717) is 47.0 Å². The maximum absolute atomic E-state index is 13.3. The van der Waals surface area contributed by atoms with Gasteiger partial charge in [0, 0.05) is 36.3 Å². The highest BCUT2D eigenvalue weighted by atomic mass is 16.5. The molecular formula is C28H26N4O4. The van der Waals surface area contributed by atoms with Crippen LogP contribution < -0.4 is 19.5 Å². The van der Waals surface area contributed by atoms with Crippen LogP contribution in [0.3, 0.4) is 0 Å². The summed E-state index contributed by atoms with van der Waals surface area (Å²) >= 11 is 0. The Bertz CT molecular complexity index is 1500. The number of benzene rings is 2. The lowest BCUT2D eigenvalue weighted by Crippen LogP contribution is -2.26. The number of nitrogens with zero attached hydrogens (tertiary/aromatic N) is 3. The number of hydrogen-bond donors (Lipinski definition) is 1. The third-order valence-electron chi connectivity index (χ3n) is 6.00. The van der Waals surface area contributed by atoms with E-state index in [1.54, 1.807) is 27.4 Å². The lowest BCUT2D eigenvalue weighted by atomic mass is 10.0. The molecule has 0 fully saturated rings. The van der Waals surface area contributed by atoms with Gasteiger partial charge in [0.25, 0.3) is 5.91 Å². The van der Waals surface area contributed by atoms with Gasteiger partial charge in [0.05, 0.1) is 43.8 Å². The minimum Gasteiger partial charge on any atom is -0.493 e. The molecule has 0 bridgehead atoms. The Hall–Kier alpha value is -4.59. The first-order valence-electron chi connectivity index (χ1n) is 11.5. The van der Waals surface area contributed by atoms with E-state index in [1.807, 2.05) is 71.4 Å². The molecule has 5 rings (SSSR count). The van der Waals surface area contributed by atoms with Gasteiger partial charge in [-0.15, -0.1) is 0 Å². The zero-order chi connectivity index (χ0) is 25.1. The molecular weight excluding hydrogens is 456 g/mol. The molecule has 5 aromatic rings. The molecule has 182 valence electrons. The molecule has 0 aliphatic rings. The Morgan fingerprint density at radius 2 is 1.67 bits per heavy atom. The number of nitrogens with one attached hydrogen (secondary N) is 1. The smallest absolute Gasteiger partial charge is 0.252 e. The second-order valence-electron chi connectivity index (χ2n) is 8.19. The molecule has 0 unspecified atom stereocenters. The van der Waals surface area contributed by atoms with Crippen molar-refractivity contribution in [3.05, 3.63) is 84.3 Å². The van der Waals surface area contributed by atoms with Crippen molar-refractivity contribution in [1.82, 2.24) is 19.7 Å². The van der Waals surface area contributed by atoms with Crippen LogP contribution in [0.15, 0.2) is 73.1 Å². The summed E-state index contributed by atoms with van der Waals surface area (Å²) < 4.78 is 18.4. The van der Waals surface area contributed by atoms with Gasteiger partial charge in [-0.2, -0.15) is 0 Å². The molecule has 0 saturated heterocycles. The molecule has 8 heteroatoms. The number of fused-ring (bicyclic) bond motifs is 2. The fourth-order valence-electron chi connectivity index (χ4n) is 4.25. The van der Waals surface area contributed by atoms with E-state index in [4.69, 9.17) is 19.2 Å². The van der Waals surface area contributed by atoms with Crippen LogP contribution in [0.2, 0.25) is 0 Å². The highest BCUT2D eigenvalue weighted by molar-refractivity contribution is 6.07. The minimum absolute atomic E-state index is 0.175. The van der Waals surface area contributed by atoms with Gasteiger partial charge in [-0.1, -0.05) is 24.3 Å². The molecule has 1 N–H and O–H groups in total. The first kappa shape index (κ1) is 23.2. The number of para-hydroxylation sites is 1. The zero-order valence-electron chi connectivity index (χ0n) is 20.3. The van der Waals surface area contributed by atoms with Crippen LogP contribution in [-0.4, -0.2) is 48.1 Å². The molecule has 3 heterocycles. The predicted molar refractivity (Wildman–Crippen MR) is 138 cm³/mol. The van der Waals surface area contributed by atoms with Crippen molar-refractivity contribution in [1.29, 1.82) is 0 Å². The van der Waals surface area contributed by atoms with Crippen molar-refractivity contribution < 1.29 is 19.0 Å². The Labute approximate surface area is 208 Å². The van der Waals surface area contributed by atoms with Crippen molar-refractivity contribution in [2.75, 3.05) is 27.9 Å². The molecule has 0 aliphatic heterocycles.